The van der Waals surface area contributed by atoms with Crippen molar-refractivity contribution in [3.8, 4) is 0 Å². The molecule has 0 aromatic heterocycles. The van der Waals surface area contributed by atoms with E-state index >= 15 is 0 Å². The Hall–Kier alpha value is 4.02. The van der Waals surface area contributed by atoms with Gasteiger partial charge in [0.05, 0.1) is 52.4 Å². The van der Waals surface area contributed by atoms with Gasteiger partial charge in [0.2, 0.25) is 0 Å². The molecular weight excluding hydrogens is 919 g/mol. The first-order chi connectivity index (χ1) is 15.7. The van der Waals surface area contributed by atoms with Crippen LogP contribution in [0.3, 0.4) is 0 Å². The van der Waals surface area contributed by atoms with E-state index in [0.717, 1.165) is 0 Å². The van der Waals surface area contributed by atoms with Crippen LogP contribution >= 0.6 is 0 Å². The fourth-order valence-electron chi connectivity index (χ4n) is 2.86. The fraction of sp³-hybridized carbons (Fsp3) is 1.00. The van der Waals surface area contributed by atoms with Crippen molar-refractivity contribution in [2.45, 2.75) is 107 Å². The summed E-state index contributed by atoms with van der Waals surface area (Å²) in [7, 11) is 0. The van der Waals surface area contributed by atoms with Crippen LogP contribution in [0, 0.1) is 0 Å². The van der Waals surface area contributed by atoms with Crippen molar-refractivity contribution < 1.29 is 41.9 Å². The zero-order valence-corrected chi connectivity index (χ0v) is 36.3. The molecule has 0 aromatic rings. The van der Waals surface area contributed by atoms with Gasteiger partial charge in [0.15, 0.2) is 0 Å². The molecule has 0 unspecified atom stereocenters. The molecule has 0 saturated heterocycles. The van der Waals surface area contributed by atoms with E-state index in [2.05, 4.69) is 151 Å². The fourth-order valence-corrected chi connectivity index (χ4v) is 7.46. The Morgan fingerprint density at radius 2 is 0.429 bits per heavy atom. The third-order valence-corrected chi connectivity index (χ3v) is 9.87. The van der Waals surface area contributed by atoms with Crippen molar-refractivity contribution >= 4 is 96.1 Å². The molecule has 0 amide bonds. The molecule has 0 heterocycles. The van der Waals surface area contributed by atoms with Crippen LogP contribution in [0.2, 0.25) is 31.9 Å². The molecular formula is C25H58N2Ni2Se6+2. The summed E-state index contributed by atoms with van der Waals surface area (Å²) in [6.07, 6.45) is 3.83. The van der Waals surface area contributed by atoms with Crippen LogP contribution < -0.4 is 0 Å². The Morgan fingerprint density at radius 1 is 0.314 bits per heavy atom. The van der Waals surface area contributed by atoms with Gasteiger partial charge in [-0.15, -0.1) is 0 Å². The first-order valence-electron chi connectivity index (χ1n) is 12.9. The molecule has 6 radical (unpaired) electrons. The van der Waals surface area contributed by atoms with Crippen LogP contribution in [0.5, 0.6) is 0 Å². The standard InChI is InChI=1S/2C8H20N.3C3H6Se2.2Ni/c2*1-5-9(6-2,7-3)8-4;3*4-2-1-3-5;;/h2*5-8H2,1-4H3;3*1-3H2;;/q2*+1;;;;;. The van der Waals surface area contributed by atoms with Crippen molar-refractivity contribution in [1.82, 2.24) is 0 Å². The summed E-state index contributed by atoms with van der Waals surface area (Å²) in [5.74, 6) is 0. The molecule has 0 spiro atoms. The quantitative estimate of drug-likeness (QED) is 0.162. The van der Waals surface area contributed by atoms with Crippen molar-refractivity contribution in [1.29, 1.82) is 0 Å². The zero-order valence-electron chi connectivity index (χ0n) is 24.0. The van der Waals surface area contributed by atoms with Gasteiger partial charge in [0, 0.05) is 33.0 Å². The van der Waals surface area contributed by atoms with Gasteiger partial charge in [-0.05, 0) is 55.4 Å². The second-order valence-corrected chi connectivity index (χ2v) is 12.6. The van der Waals surface area contributed by atoms with Gasteiger partial charge in [-0.25, -0.2) is 0 Å². The van der Waals surface area contributed by atoms with Gasteiger partial charge >= 0.3 is 147 Å². The maximum atomic E-state index is 2.92. The molecule has 0 saturated carbocycles. The molecule has 0 aromatic carbocycles. The first-order valence-corrected chi connectivity index (χ1v) is 20.2. The molecule has 0 aliphatic rings. The molecule has 0 aliphatic carbocycles. The molecule has 0 aliphatic heterocycles. The first kappa shape index (κ1) is 55.0. The number of nitrogens with zero attached hydrogens (tertiary/aromatic N) is 2. The molecule has 0 atom stereocenters. The monoisotopic (exact) mass is 982 g/mol. The predicted molar refractivity (Wildman–Crippen MR) is 162 cm³/mol. The molecule has 222 valence electrons. The van der Waals surface area contributed by atoms with E-state index in [1.54, 1.807) is 0 Å². The van der Waals surface area contributed by atoms with Crippen molar-refractivity contribution in [3.63, 3.8) is 0 Å². The van der Waals surface area contributed by atoms with Crippen molar-refractivity contribution in [3.05, 3.63) is 0 Å². The summed E-state index contributed by atoms with van der Waals surface area (Å²) >= 11 is 17.5. The second kappa shape index (κ2) is 47.8. The number of hydrogen-bond acceptors (Lipinski definition) is 0. The van der Waals surface area contributed by atoms with Crippen LogP contribution in [-0.2, 0) is 33.0 Å². The van der Waals surface area contributed by atoms with Crippen molar-refractivity contribution in [2.24, 2.45) is 0 Å². The number of hydrogen-bond donors (Lipinski definition) is 0. The summed E-state index contributed by atoms with van der Waals surface area (Å²) in [5.41, 5.74) is 0. The predicted octanol–water partition coefficient (Wildman–Crippen LogP) is 5.41. The molecule has 10 heteroatoms. The van der Waals surface area contributed by atoms with Crippen LogP contribution in [0.25, 0.3) is 0 Å². The maximum absolute atomic E-state index is 2.92. The zero-order chi connectivity index (χ0) is 27.0. The SMILES string of the molecule is CC[N+](CC)(CC)CC.CC[N+](CC)(CC)CC.[Ni].[Ni].[Se]CCC[Se].[Se]CCC[Se].[Se]CCC[Se]. The third kappa shape index (κ3) is 42.6. The van der Waals surface area contributed by atoms with Crippen LogP contribution in [0.15, 0.2) is 0 Å². The van der Waals surface area contributed by atoms with E-state index < -0.39 is 0 Å². The summed E-state index contributed by atoms with van der Waals surface area (Å²) < 4.78 is 2.56. The van der Waals surface area contributed by atoms with Crippen molar-refractivity contribution in [2.75, 3.05) is 52.4 Å². The average molecular weight is 978 g/mol. The van der Waals surface area contributed by atoms with Gasteiger partial charge in [-0.2, -0.15) is 0 Å². The summed E-state index contributed by atoms with van der Waals surface area (Å²) in [6, 6.07) is 0. The van der Waals surface area contributed by atoms with Gasteiger partial charge in [-0.3, -0.25) is 0 Å². The Morgan fingerprint density at radius 3 is 0.429 bits per heavy atom. The van der Waals surface area contributed by atoms with E-state index in [1.165, 1.54) is 113 Å². The van der Waals surface area contributed by atoms with Gasteiger partial charge in [-0.1, -0.05) is 0 Å². The van der Waals surface area contributed by atoms with Gasteiger partial charge < -0.3 is 8.97 Å². The topological polar surface area (TPSA) is 0 Å². The minimum absolute atomic E-state index is 0. The second-order valence-electron chi connectivity index (χ2n) is 7.50. The summed E-state index contributed by atoms with van der Waals surface area (Å²) in [6.45, 7) is 28.4. The van der Waals surface area contributed by atoms with E-state index in [9.17, 15) is 0 Å². The van der Waals surface area contributed by atoms with Crippen LogP contribution in [0.4, 0.5) is 0 Å². The van der Waals surface area contributed by atoms with E-state index in [-0.39, 0.29) is 33.0 Å². The molecule has 0 bridgehead atoms. The van der Waals surface area contributed by atoms with E-state index in [0.29, 0.717) is 0 Å². The average Bonchev–Trinajstić information content (AvgIpc) is 2.86. The molecule has 0 rings (SSSR count). The molecule has 35 heavy (non-hydrogen) atoms. The summed E-state index contributed by atoms with van der Waals surface area (Å²) in [5, 5.41) is 7.12. The van der Waals surface area contributed by atoms with E-state index in [4.69, 9.17) is 0 Å². The van der Waals surface area contributed by atoms with Crippen LogP contribution in [-0.4, -0.2) is 157 Å². The Kier molecular flexibility index (Phi) is 75.1. The molecule has 0 fully saturated rings. The summed E-state index contributed by atoms with van der Waals surface area (Å²) in [4.78, 5) is 0. The Labute approximate surface area is 293 Å². The minimum atomic E-state index is 0. The normalized spacial score (nSPS) is 9.77. The van der Waals surface area contributed by atoms with Gasteiger partial charge in [0.25, 0.3) is 0 Å². The van der Waals surface area contributed by atoms with Gasteiger partial charge in [0.1, 0.15) is 0 Å². The number of rotatable bonds is 14. The number of quaternary nitrogens is 2. The Bertz CT molecular complexity index is 238. The molecule has 0 N–H and O–H groups in total. The van der Waals surface area contributed by atoms with Crippen LogP contribution in [0.1, 0.15) is 74.7 Å². The molecule has 2 nitrogen and oxygen atoms in total. The third-order valence-electron chi connectivity index (χ3n) is 6.23. The Balaban J connectivity index is -0.0000000569. The van der Waals surface area contributed by atoms with E-state index in [1.807, 2.05) is 0 Å².